The van der Waals surface area contributed by atoms with Gasteiger partial charge in [0.15, 0.2) is 0 Å². The minimum Gasteiger partial charge on any atom is -0.497 e. The molecule has 142 valence electrons. The second-order valence-electron chi connectivity index (χ2n) is 6.55. The summed E-state index contributed by atoms with van der Waals surface area (Å²) in [4.78, 5) is 6.56. The Balaban J connectivity index is 1.52. The Morgan fingerprint density at radius 2 is 1.96 bits per heavy atom. The van der Waals surface area contributed by atoms with Crippen molar-refractivity contribution in [1.29, 1.82) is 0 Å². The van der Waals surface area contributed by atoms with E-state index in [1.807, 2.05) is 35.2 Å². The maximum Gasteiger partial charge on any atom is 0.244 e. The molecule has 0 radical (unpaired) electrons. The summed E-state index contributed by atoms with van der Waals surface area (Å²) >= 11 is 0. The van der Waals surface area contributed by atoms with Gasteiger partial charge in [-0.05, 0) is 42.8 Å². The zero-order valence-corrected chi connectivity index (χ0v) is 14.9. The molecule has 1 aliphatic heterocycles. The number of furan rings is 1. The van der Waals surface area contributed by atoms with E-state index in [0.717, 1.165) is 11.3 Å². The van der Waals surface area contributed by atoms with E-state index in [4.69, 9.17) is 18.8 Å². The lowest BCUT2D eigenvalue weighted by Gasteiger charge is -2.19. The molecule has 27 heavy (non-hydrogen) atoms. The quantitative estimate of drug-likeness (QED) is 0.679. The van der Waals surface area contributed by atoms with E-state index in [2.05, 4.69) is 10.1 Å². The molecule has 2 aromatic heterocycles. The van der Waals surface area contributed by atoms with Crippen molar-refractivity contribution in [3.63, 3.8) is 0 Å². The zero-order valence-electron chi connectivity index (χ0n) is 14.9. The number of aliphatic hydroxyl groups is 2. The van der Waals surface area contributed by atoms with Crippen LogP contribution in [-0.4, -0.2) is 45.0 Å². The second kappa shape index (κ2) is 7.51. The molecule has 0 saturated carbocycles. The van der Waals surface area contributed by atoms with Gasteiger partial charge in [-0.2, -0.15) is 4.98 Å². The minimum absolute atomic E-state index is 0.138. The molecule has 1 saturated heterocycles. The van der Waals surface area contributed by atoms with Crippen LogP contribution in [0.25, 0.3) is 11.4 Å². The minimum atomic E-state index is -0.474. The zero-order chi connectivity index (χ0) is 18.8. The third-order valence-electron chi connectivity index (χ3n) is 4.69. The molecular formula is C19H21N3O5. The molecule has 2 N–H and O–H groups in total. The van der Waals surface area contributed by atoms with E-state index in [-0.39, 0.29) is 12.6 Å². The molecule has 3 heterocycles. The summed E-state index contributed by atoms with van der Waals surface area (Å²) in [6.07, 6.45) is 0.0382. The summed E-state index contributed by atoms with van der Waals surface area (Å²) in [5, 5.41) is 23.3. The Hall–Kier alpha value is -2.68. The monoisotopic (exact) mass is 371 g/mol. The Morgan fingerprint density at radius 1 is 1.19 bits per heavy atom. The molecular weight excluding hydrogens is 350 g/mol. The lowest BCUT2D eigenvalue weighted by molar-refractivity contribution is 0.160. The number of methoxy groups -OCH3 is 1. The van der Waals surface area contributed by atoms with Crippen LogP contribution in [0.1, 0.15) is 29.9 Å². The summed E-state index contributed by atoms with van der Waals surface area (Å²) in [6, 6.07) is 10.8. The number of ether oxygens (including phenoxy) is 1. The summed E-state index contributed by atoms with van der Waals surface area (Å²) < 4.78 is 16.2. The van der Waals surface area contributed by atoms with Crippen LogP contribution in [0.2, 0.25) is 0 Å². The van der Waals surface area contributed by atoms with Crippen molar-refractivity contribution in [3.05, 3.63) is 53.8 Å². The predicted molar refractivity (Wildman–Crippen MR) is 94.7 cm³/mol. The molecule has 4 rings (SSSR count). The van der Waals surface area contributed by atoms with E-state index in [0.29, 0.717) is 42.7 Å². The van der Waals surface area contributed by atoms with Gasteiger partial charge in [0, 0.05) is 12.1 Å². The normalized spacial score (nSPS) is 20.3. The van der Waals surface area contributed by atoms with Gasteiger partial charge in [0.25, 0.3) is 0 Å². The number of aromatic nitrogens is 2. The first kappa shape index (κ1) is 17.7. The summed E-state index contributed by atoms with van der Waals surface area (Å²) in [7, 11) is 1.62. The first-order valence-corrected chi connectivity index (χ1v) is 8.75. The van der Waals surface area contributed by atoms with Crippen molar-refractivity contribution in [2.75, 3.05) is 13.7 Å². The van der Waals surface area contributed by atoms with Crippen LogP contribution in [0, 0.1) is 0 Å². The summed E-state index contributed by atoms with van der Waals surface area (Å²) in [5.74, 6) is 2.95. The highest BCUT2D eigenvalue weighted by Crippen LogP contribution is 2.34. The van der Waals surface area contributed by atoms with Crippen LogP contribution in [0.4, 0.5) is 0 Å². The average molecular weight is 371 g/mol. The predicted octanol–water partition coefficient (Wildman–Crippen LogP) is 2.14. The number of benzene rings is 1. The molecule has 0 spiro atoms. The Labute approximate surface area is 156 Å². The molecule has 1 aliphatic rings. The molecule has 1 aromatic carbocycles. The van der Waals surface area contributed by atoms with E-state index >= 15 is 0 Å². The van der Waals surface area contributed by atoms with Gasteiger partial charge < -0.3 is 23.9 Å². The molecule has 8 heteroatoms. The molecule has 3 aromatic rings. The molecule has 0 unspecified atom stereocenters. The van der Waals surface area contributed by atoms with Crippen LogP contribution >= 0.6 is 0 Å². The van der Waals surface area contributed by atoms with Gasteiger partial charge in [-0.3, -0.25) is 4.90 Å². The van der Waals surface area contributed by atoms with E-state index in [9.17, 15) is 5.11 Å². The van der Waals surface area contributed by atoms with Gasteiger partial charge in [-0.25, -0.2) is 0 Å². The van der Waals surface area contributed by atoms with Crippen molar-refractivity contribution in [2.24, 2.45) is 0 Å². The molecule has 8 nitrogen and oxygen atoms in total. The van der Waals surface area contributed by atoms with E-state index < -0.39 is 6.10 Å². The van der Waals surface area contributed by atoms with Crippen molar-refractivity contribution in [1.82, 2.24) is 15.0 Å². The fraction of sp³-hybridized carbons (Fsp3) is 0.368. The fourth-order valence-corrected chi connectivity index (χ4v) is 3.33. The number of β-amino-alcohol motifs (C(OH)–C–C–N with tert-alkyl or cyclic N) is 1. The lowest BCUT2D eigenvalue weighted by atomic mass is 10.2. The van der Waals surface area contributed by atoms with Gasteiger partial charge in [-0.15, -0.1) is 0 Å². The number of likely N-dealkylation sites (tertiary alicyclic amines) is 1. The Morgan fingerprint density at radius 3 is 2.67 bits per heavy atom. The Kier molecular flexibility index (Phi) is 4.93. The fourth-order valence-electron chi connectivity index (χ4n) is 3.33. The van der Waals surface area contributed by atoms with E-state index in [1.165, 1.54) is 0 Å². The Bertz CT molecular complexity index is 889. The van der Waals surface area contributed by atoms with Gasteiger partial charge in [-0.1, -0.05) is 5.16 Å². The van der Waals surface area contributed by atoms with Crippen LogP contribution in [0.15, 0.2) is 45.3 Å². The smallest absolute Gasteiger partial charge is 0.244 e. The third-order valence-corrected chi connectivity index (χ3v) is 4.69. The third kappa shape index (κ3) is 3.73. The van der Waals surface area contributed by atoms with Crippen LogP contribution in [0.5, 0.6) is 5.75 Å². The molecule has 0 aliphatic carbocycles. The summed E-state index contributed by atoms with van der Waals surface area (Å²) in [5.41, 5.74) is 0.828. The standard InChI is InChI=1S/C19H21N3O5/c1-25-14-4-2-12(3-5-14)18-20-19(27-21-18)17-8-13(24)9-22(17)10-15-6-7-16(11-23)26-15/h2-7,13,17,23-24H,8-11H2,1H3/t13-,17+/m1/s1. The number of nitrogens with zero attached hydrogens (tertiary/aromatic N) is 3. The van der Waals surface area contributed by atoms with Crippen molar-refractivity contribution in [2.45, 2.75) is 31.7 Å². The summed E-state index contributed by atoms with van der Waals surface area (Å²) in [6.45, 7) is 0.836. The maximum atomic E-state index is 10.1. The van der Waals surface area contributed by atoms with Crippen molar-refractivity contribution < 1.29 is 23.9 Å². The largest absolute Gasteiger partial charge is 0.497 e. The van der Waals surface area contributed by atoms with E-state index in [1.54, 1.807) is 13.2 Å². The van der Waals surface area contributed by atoms with Gasteiger partial charge in [0.2, 0.25) is 11.7 Å². The van der Waals surface area contributed by atoms with Crippen molar-refractivity contribution >= 4 is 0 Å². The molecule has 1 fully saturated rings. The molecule has 0 bridgehead atoms. The van der Waals surface area contributed by atoms with Crippen LogP contribution in [0.3, 0.4) is 0 Å². The number of hydrogen-bond donors (Lipinski definition) is 2. The van der Waals surface area contributed by atoms with Crippen LogP contribution in [-0.2, 0) is 13.2 Å². The second-order valence-corrected chi connectivity index (χ2v) is 6.55. The topological polar surface area (TPSA) is 105 Å². The van der Waals surface area contributed by atoms with Gasteiger partial charge in [0.1, 0.15) is 23.9 Å². The van der Waals surface area contributed by atoms with Gasteiger partial charge in [0.05, 0.1) is 25.8 Å². The molecule has 2 atom stereocenters. The maximum absolute atomic E-state index is 10.1. The first-order chi connectivity index (χ1) is 13.2. The van der Waals surface area contributed by atoms with Crippen molar-refractivity contribution in [3.8, 4) is 17.1 Å². The molecule has 0 amide bonds. The first-order valence-electron chi connectivity index (χ1n) is 8.75. The number of hydrogen-bond acceptors (Lipinski definition) is 8. The SMILES string of the molecule is COc1ccc(-c2noc([C@@H]3C[C@@H](O)CN3Cc3ccc(CO)o3)n2)cc1. The number of aliphatic hydroxyl groups excluding tert-OH is 2. The average Bonchev–Trinajstić information content (AvgIpc) is 3.42. The number of rotatable bonds is 6. The van der Waals surface area contributed by atoms with Crippen LogP contribution < -0.4 is 4.74 Å². The lowest BCUT2D eigenvalue weighted by Crippen LogP contribution is -2.24. The van der Waals surface area contributed by atoms with Gasteiger partial charge >= 0.3 is 0 Å². The highest BCUT2D eigenvalue weighted by atomic mass is 16.5. The highest BCUT2D eigenvalue weighted by Gasteiger charge is 2.36. The highest BCUT2D eigenvalue weighted by molar-refractivity contribution is 5.55.